The Kier molecular flexibility index (Phi) is 11.0. The minimum absolute atomic E-state index is 0. The summed E-state index contributed by atoms with van der Waals surface area (Å²) in [4.78, 5) is 17.3. The molecule has 148 valence electrons. The highest BCUT2D eigenvalue weighted by molar-refractivity contribution is 14.0. The van der Waals surface area contributed by atoms with E-state index < -0.39 is 12.8 Å². The van der Waals surface area contributed by atoms with Crippen molar-refractivity contribution in [3.05, 3.63) is 29.8 Å². The third-order valence-electron chi connectivity index (χ3n) is 3.02. The zero-order valence-electron chi connectivity index (χ0n) is 14.9. The van der Waals surface area contributed by atoms with Crippen molar-refractivity contribution >= 4 is 35.8 Å². The molecule has 2 N–H and O–H groups in total. The lowest BCUT2D eigenvalue weighted by Crippen LogP contribution is -2.42. The number of carbonyl (C=O) groups excluding carboxylic acids is 1. The van der Waals surface area contributed by atoms with Crippen LogP contribution >= 0.6 is 24.0 Å². The standard InChI is InChI=1S/C16H23F3N4O2.HI/c1-4-20-15(22-10-14(24)23(2)3)21-9-12-7-5-6-8-13(12)25-11-16(17,18)19;/h5-8H,4,9-11H2,1-3H3,(H2,20,21,22);1H. The van der Waals surface area contributed by atoms with Crippen LogP contribution in [0, 0.1) is 0 Å². The van der Waals surface area contributed by atoms with E-state index in [1.165, 1.54) is 11.0 Å². The number of para-hydroxylation sites is 1. The van der Waals surface area contributed by atoms with Crippen LogP contribution in [0.2, 0.25) is 0 Å². The molecule has 1 aromatic carbocycles. The summed E-state index contributed by atoms with van der Waals surface area (Å²) in [5, 5.41) is 5.84. The van der Waals surface area contributed by atoms with Crippen molar-refractivity contribution in [2.24, 2.45) is 4.99 Å². The van der Waals surface area contributed by atoms with Gasteiger partial charge in [0.1, 0.15) is 5.75 Å². The van der Waals surface area contributed by atoms with E-state index in [4.69, 9.17) is 4.74 Å². The molecule has 0 heterocycles. The van der Waals surface area contributed by atoms with Crippen LogP contribution in [0.4, 0.5) is 13.2 Å². The molecule has 0 saturated heterocycles. The highest BCUT2D eigenvalue weighted by Crippen LogP contribution is 2.22. The predicted molar refractivity (Wildman–Crippen MR) is 105 cm³/mol. The number of hydrogen-bond acceptors (Lipinski definition) is 3. The normalized spacial score (nSPS) is 11.4. The van der Waals surface area contributed by atoms with Gasteiger partial charge in [0.05, 0.1) is 13.1 Å². The molecule has 0 aliphatic rings. The van der Waals surface area contributed by atoms with E-state index in [1.54, 1.807) is 32.3 Å². The predicted octanol–water partition coefficient (Wildman–Crippen LogP) is 2.39. The number of benzene rings is 1. The molecular weight excluding hydrogens is 464 g/mol. The highest BCUT2D eigenvalue weighted by atomic mass is 127. The molecule has 0 aromatic heterocycles. The minimum atomic E-state index is -4.40. The van der Waals surface area contributed by atoms with Gasteiger partial charge in [-0.25, -0.2) is 4.99 Å². The molecule has 0 bridgehead atoms. The monoisotopic (exact) mass is 488 g/mol. The lowest BCUT2D eigenvalue weighted by Gasteiger charge is -2.15. The van der Waals surface area contributed by atoms with E-state index >= 15 is 0 Å². The molecule has 0 unspecified atom stereocenters. The van der Waals surface area contributed by atoms with Crippen LogP contribution in [0.15, 0.2) is 29.3 Å². The Bertz CT molecular complexity index is 595. The van der Waals surface area contributed by atoms with Gasteiger partial charge in [-0.2, -0.15) is 13.2 Å². The summed E-state index contributed by atoms with van der Waals surface area (Å²) in [5.74, 6) is 0.395. The van der Waals surface area contributed by atoms with Crippen LogP contribution in [0.3, 0.4) is 0 Å². The average Bonchev–Trinajstić information content (AvgIpc) is 2.55. The number of alkyl halides is 3. The average molecular weight is 488 g/mol. The van der Waals surface area contributed by atoms with Gasteiger partial charge in [-0.15, -0.1) is 24.0 Å². The Morgan fingerprint density at radius 1 is 1.23 bits per heavy atom. The van der Waals surface area contributed by atoms with Gasteiger partial charge in [0.2, 0.25) is 5.91 Å². The molecule has 0 saturated carbocycles. The topological polar surface area (TPSA) is 66.0 Å². The summed E-state index contributed by atoms with van der Waals surface area (Å²) in [6.07, 6.45) is -4.40. The maximum Gasteiger partial charge on any atom is 0.422 e. The van der Waals surface area contributed by atoms with Crippen molar-refractivity contribution in [3.63, 3.8) is 0 Å². The van der Waals surface area contributed by atoms with Crippen LogP contribution in [0.1, 0.15) is 12.5 Å². The zero-order valence-corrected chi connectivity index (χ0v) is 17.2. The van der Waals surface area contributed by atoms with Crippen molar-refractivity contribution in [1.29, 1.82) is 0 Å². The van der Waals surface area contributed by atoms with Gasteiger partial charge >= 0.3 is 6.18 Å². The second kappa shape index (κ2) is 11.8. The Labute approximate surface area is 168 Å². The van der Waals surface area contributed by atoms with Crippen molar-refractivity contribution in [3.8, 4) is 5.75 Å². The fourth-order valence-electron chi connectivity index (χ4n) is 1.76. The van der Waals surface area contributed by atoms with Crippen LogP contribution in [-0.2, 0) is 11.3 Å². The smallest absolute Gasteiger partial charge is 0.422 e. The van der Waals surface area contributed by atoms with E-state index in [1.807, 2.05) is 6.92 Å². The first kappa shape index (κ1) is 24.3. The van der Waals surface area contributed by atoms with Crippen LogP contribution in [0.5, 0.6) is 5.75 Å². The molecule has 1 amide bonds. The Morgan fingerprint density at radius 2 is 1.88 bits per heavy atom. The second-order valence-corrected chi connectivity index (χ2v) is 5.35. The van der Waals surface area contributed by atoms with Gasteiger partial charge in [-0.3, -0.25) is 4.79 Å². The fraction of sp³-hybridized carbons (Fsp3) is 0.500. The quantitative estimate of drug-likeness (QED) is 0.352. The Hall–Kier alpha value is -1.72. The molecule has 0 spiro atoms. The SMILES string of the molecule is CCNC(=NCc1ccccc1OCC(F)(F)F)NCC(=O)N(C)C.I. The summed E-state index contributed by atoms with van der Waals surface area (Å²) in [7, 11) is 3.28. The summed E-state index contributed by atoms with van der Waals surface area (Å²) >= 11 is 0. The maximum absolute atomic E-state index is 12.3. The van der Waals surface area contributed by atoms with E-state index in [0.29, 0.717) is 18.1 Å². The molecule has 0 atom stereocenters. The van der Waals surface area contributed by atoms with Gasteiger partial charge in [0, 0.05) is 26.2 Å². The maximum atomic E-state index is 12.3. The van der Waals surface area contributed by atoms with Gasteiger partial charge in [0.25, 0.3) is 0 Å². The third kappa shape index (κ3) is 9.68. The Balaban J connectivity index is 0.00000625. The molecule has 1 rings (SSSR count). The number of likely N-dealkylation sites (N-methyl/N-ethyl adjacent to an activating group) is 1. The zero-order chi connectivity index (χ0) is 18.9. The third-order valence-corrected chi connectivity index (χ3v) is 3.02. The summed E-state index contributed by atoms with van der Waals surface area (Å²) in [6, 6.07) is 6.40. The van der Waals surface area contributed by atoms with Crippen LogP contribution in [-0.4, -0.2) is 56.7 Å². The van der Waals surface area contributed by atoms with E-state index in [0.717, 1.165) is 0 Å². The van der Waals surface area contributed by atoms with E-state index in [2.05, 4.69) is 15.6 Å². The van der Waals surface area contributed by atoms with Crippen LogP contribution < -0.4 is 15.4 Å². The molecule has 0 radical (unpaired) electrons. The van der Waals surface area contributed by atoms with Gasteiger partial charge in [-0.05, 0) is 13.0 Å². The van der Waals surface area contributed by atoms with Gasteiger partial charge < -0.3 is 20.3 Å². The molecular formula is C16H24F3IN4O2. The number of aliphatic imine (C=N–C) groups is 1. The number of ether oxygens (including phenoxy) is 1. The molecule has 26 heavy (non-hydrogen) atoms. The first-order valence-electron chi connectivity index (χ1n) is 7.72. The lowest BCUT2D eigenvalue weighted by molar-refractivity contribution is -0.153. The molecule has 10 heteroatoms. The lowest BCUT2D eigenvalue weighted by atomic mass is 10.2. The first-order valence-corrected chi connectivity index (χ1v) is 7.72. The van der Waals surface area contributed by atoms with Crippen molar-refractivity contribution in [2.45, 2.75) is 19.6 Å². The number of halogens is 4. The molecule has 0 aliphatic heterocycles. The number of rotatable bonds is 7. The van der Waals surface area contributed by atoms with Crippen molar-refractivity contribution in [2.75, 3.05) is 33.8 Å². The summed E-state index contributed by atoms with van der Waals surface area (Å²) < 4.78 is 41.8. The van der Waals surface area contributed by atoms with Crippen LogP contribution in [0.25, 0.3) is 0 Å². The highest BCUT2D eigenvalue weighted by Gasteiger charge is 2.28. The molecule has 0 aliphatic carbocycles. The number of nitrogens with zero attached hydrogens (tertiary/aromatic N) is 2. The Morgan fingerprint density at radius 3 is 2.46 bits per heavy atom. The van der Waals surface area contributed by atoms with Gasteiger partial charge in [0.15, 0.2) is 12.6 Å². The van der Waals surface area contributed by atoms with E-state index in [-0.39, 0.29) is 48.7 Å². The number of nitrogens with one attached hydrogen (secondary N) is 2. The number of amides is 1. The number of hydrogen-bond donors (Lipinski definition) is 2. The van der Waals surface area contributed by atoms with E-state index in [9.17, 15) is 18.0 Å². The first-order chi connectivity index (χ1) is 11.7. The largest absolute Gasteiger partial charge is 0.484 e. The molecule has 1 aromatic rings. The van der Waals surface area contributed by atoms with Crippen molar-refractivity contribution in [1.82, 2.24) is 15.5 Å². The van der Waals surface area contributed by atoms with Crippen molar-refractivity contribution < 1.29 is 22.7 Å². The minimum Gasteiger partial charge on any atom is -0.484 e. The number of guanidine groups is 1. The second-order valence-electron chi connectivity index (χ2n) is 5.35. The number of carbonyl (C=O) groups is 1. The molecule has 0 fully saturated rings. The summed E-state index contributed by atoms with van der Waals surface area (Å²) in [5.41, 5.74) is 0.517. The van der Waals surface area contributed by atoms with Gasteiger partial charge in [-0.1, -0.05) is 18.2 Å². The molecule has 6 nitrogen and oxygen atoms in total. The fourth-order valence-corrected chi connectivity index (χ4v) is 1.76. The summed E-state index contributed by atoms with van der Waals surface area (Å²) in [6.45, 7) is 1.26.